The third kappa shape index (κ3) is 3.72. The lowest BCUT2D eigenvalue weighted by molar-refractivity contribution is -0.116. The van der Waals surface area contributed by atoms with Gasteiger partial charge in [0.1, 0.15) is 0 Å². The van der Waals surface area contributed by atoms with E-state index in [1.54, 1.807) is 4.52 Å². The summed E-state index contributed by atoms with van der Waals surface area (Å²) < 4.78 is 1.70. The molecule has 3 N–H and O–H groups in total. The molecule has 26 heavy (non-hydrogen) atoms. The van der Waals surface area contributed by atoms with E-state index in [1.807, 2.05) is 39.8 Å². The molecule has 0 aliphatic heterocycles. The van der Waals surface area contributed by atoms with Crippen molar-refractivity contribution in [1.82, 2.24) is 19.6 Å². The Balaban J connectivity index is 1.75. The summed E-state index contributed by atoms with van der Waals surface area (Å²) >= 11 is 0. The van der Waals surface area contributed by atoms with Crippen molar-refractivity contribution in [2.24, 2.45) is 5.73 Å². The van der Waals surface area contributed by atoms with Gasteiger partial charge in [-0.15, -0.1) is 5.10 Å². The van der Waals surface area contributed by atoms with Gasteiger partial charge in [0.2, 0.25) is 5.91 Å². The van der Waals surface area contributed by atoms with E-state index in [-0.39, 0.29) is 12.5 Å². The molecule has 2 heterocycles. The quantitative estimate of drug-likeness (QED) is 0.735. The zero-order valence-corrected chi connectivity index (χ0v) is 15.6. The molecule has 7 nitrogen and oxygen atoms in total. The molecule has 0 bridgehead atoms. The van der Waals surface area contributed by atoms with Crippen LogP contribution in [-0.2, 0) is 17.8 Å². The molecule has 0 unspecified atom stereocenters. The monoisotopic (exact) mass is 352 g/mol. The van der Waals surface area contributed by atoms with Gasteiger partial charge in [0.05, 0.1) is 6.54 Å². The molecular weight excluding hydrogens is 328 g/mol. The molecule has 0 radical (unpaired) electrons. The number of carbonyl (C=O) groups is 1. The van der Waals surface area contributed by atoms with E-state index < -0.39 is 0 Å². The Morgan fingerprint density at radius 1 is 1.12 bits per heavy atom. The normalized spacial score (nSPS) is 11.1. The molecule has 3 aromatic rings. The van der Waals surface area contributed by atoms with E-state index in [2.05, 4.69) is 26.4 Å². The van der Waals surface area contributed by atoms with Gasteiger partial charge in [0.15, 0.2) is 5.82 Å². The van der Waals surface area contributed by atoms with Crippen LogP contribution in [0.4, 0.5) is 5.69 Å². The maximum Gasteiger partial charge on any atom is 0.252 e. The Morgan fingerprint density at radius 3 is 2.46 bits per heavy atom. The fraction of sp³-hybridized carbons (Fsp3) is 0.368. The molecule has 3 rings (SSSR count). The summed E-state index contributed by atoms with van der Waals surface area (Å²) in [6, 6.07) is 6.02. The third-order valence-corrected chi connectivity index (χ3v) is 4.38. The van der Waals surface area contributed by atoms with E-state index in [9.17, 15) is 4.79 Å². The van der Waals surface area contributed by atoms with Crippen molar-refractivity contribution in [2.75, 3.05) is 5.32 Å². The van der Waals surface area contributed by atoms with E-state index in [0.717, 1.165) is 33.8 Å². The number of nitrogens with zero attached hydrogens (tertiary/aromatic N) is 4. The fourth-order valence-electron chi connectivity index (χ4n) is 3.21. The summed E-state index contributed by atoms with van der Waals surface area (Å²) in [5.41, 5.74) is 11.5. The number of aromatic nitrogens is 4. The van der Waals surface area contributed by atoms with Crippen molar-refractivity contribution in [3.8, 4) is 0 Å². The number of fused-ring (bicyclic) bond motifs is 1. The maximum absolute atomic E-state index is 12.4. The van der Waals surface area contributed by atoms with E-state index >= 15 is 0 Å². The second kappa shape index (κ2) is 7.21. The lowest BCUT2D eigenvalue weighted by Crippen LogP contribution is -2.14. The summed E-state index contributed by atoms with van der Waals surface area (Å²) in [7, 11) is 0. The lowest BCUT2D eigenvalue weighted by atomic mass is 10.1. The Hall–Kier alpha value is -2.80. The number of hydrogen-bond donors (Lipinski definition) is 2. The minimum absolute atomic E-state index is 0.0184. The summed E-state index contributed by atoms with van der Waals surface area (Å²) in [4.78, 5) is 21.2. The summed E-state index contributed by atoms with van der Waals surface area (Å²) in [6.45, 7) is 8.21. The van der Waals surface area contributed by atoms with Gasteiger partial charge >= 0.3 is 0 Å². The van der Waals surface area contributed by atoms with E-state index in [1.165, 1.54) is 0 Å². The largest absolute Gasteiger partial charge is 0.326 e. The zero-order chi connectivity index (χ0) is 18.8. The predicted octanol–water partition coefficient (Wildman–Crippen LogP) is 2.39. The highest BCUT2D eigenvalue weighted by molar-refractivity contribution is 5.91. The number of aryl methyl sites for hydroxylation is 4. The van der Waals surface area contributed by atoms with Crippen molar-refractivity contribution >= 4 is 17.4 Å². The standard InChI is InChI=1S/C19H24N6O/c1-11-7-12(2)9-15(8-11)22-18(26)6-5-16-13(3)21-19-23-17(10-20)24-25(19)14(16)4/h7-9H,5-6,10,20H2,1-4H3,(H,22,26). The Kier molecular flexibility index (Phi) is 4.99. The first-order valence-corrected chi connectivity index (χ1v) is 8.67. The highest BCUT2D eigenvalue weighted by Gasteiger charge is 2.14. The minimum atomic E-state index is -0.0184. The van der Waals surface area contributed by atoms with Crippen LogP contribution < -0.4 is 11.1 Å². The molecule has 0 saturated heterocycles. The summed E-state index contributed by atoms with van der Waals surface area (Å²) in [6.07, 6.45) is 0.968. The lowest BCUT2D eigenvalue weighted by Gasteiger charge is -2.11. The fourth-order valence-corrected chi connectivity index (χ4v) is 3.21. The number of benzene rings is 1. The van der Waals surface area contributed by atoms with Crippen LogP contribution >= 0.6 is 0 Å². The van der Waals surface area contributed by atoms with Crippen LogP contribution in [0.15, 0.2) is 18.2 Å². The summed E-state index contributed by atoms with van der Waals surface area (Å²) in [5.74, 6) is 1.09. The Bertz CT molecular complexity index is 956. The molecule has 0 fully saturated rings. The molecular formula is C19H24N6O. The molecule has 1 amide bonds. The van der Waals surface area contributed by atoms with Crippen LogP contribution in [0.5, 0.6) is 0 Å². The van der Waals surface area contributed by atoms with Crippen LogP contribution in [0.25, 0.3) is 5.78 Å². The van der Waals surface area contributed by atoms with Gasteiger partial charge in [0, 0.05) is 23.5 Å². The number of carbonyl (C=O) groups excluding carboxylic acids is 1. The van der Waals surface area contributed by atoms with Gasteiger partial charge in [-0.3, -0.25) is 4.79 Å². The highest BCUT2D eigenvalue weighted by Crippen LogP contribution is 2.17. The SMILES string of the molecule is Cc1cc(C)cc(NC(=O)CCc2c(C)nc3nc(CN)nn3c2C)c1. The Morgan fingerprint density at radius 2 is 1.81 bits per heavy atom. The highest BCUT2D eigenvalue weighted by atomic mass is 16.1. The van der Waals surface area contributed by atoms with E-state index in [0.29, 0.717) is 24.4 Å². The first kappa shape index (κ1) is 18.0. The van der Waals surface area contributed by atoms with Crippen LogP contribution in [0, 0.1) is 27.7 Å². The number of nitrogens with two attached hydrogens (primary N) is 1. The van der Waals surface area contributed by atoms with Crippen LogP contribution in [0.1, 0.15) is 40.3 Å². The number of amides is 1. The maximum atomic E-state index is 12.4. The van der Waals surface area contributed by atoms with Crippen molar-refractivity contribution in [3.63, 3.8) is 0 Å². The smallest absolute Gasteiger partial charge is 0.252 e. The molecule has 0 aliphatic carbocycles. The van der Waals surface area contributed by atoms with Gasteiger partial charge in [0.25, 0.3) is 5.78 Å². The van der Waals surface area contributed by atoms with Crippen LogP contribution in [-0.4, -0.2) is 25.5 Å². The number of rotatable bonds is 5. The molecule has 7 heteroatoms. The third-order valence-electron chi connectivity index (χ3n) is 4.38. The average molecular weight is 352 g/mol. The second-order valence-electron chi connectivity index (χ2n) is 6.63. The first-order chi connectivity index (χ1) is 12.4. The van der Waals surface area contributed by atoms with Crippen molar-refractivity contribution in [1.29, 1.82) is 0 Å². The zero-order valence-electron chi connectivity index (χ0n) is 15.6. The van der Waals surface area contributed by atoms with Gasteiger partial charge in [-0.05, 0) is 62.9 Å². The number of hydrogen-bond acceptors (Lipinski definition) is 5. The van der Waals surface area contributed by atoms with Crippen molar-refractivity contribution in [2.45, 2.75) is 47.1 Å². The average Bonchev–Trinajstić information content (AvgIpc) is 2.96. The number of anilines is 1. The molecule has 1 aromatic carbocycles. The van der Waals surface area contributed by atoms with Crippen LogP contribution in [0.2, 0.25) is 0 Å². The number of nitrogens with one attached hydrogen (secondary N) is 1. The topological polar surface area (TPSA) is 98.2 Å². The molecule has 0 spiro atoms. The van der Waals surface area contributed by atoms with Gasteiger partial charge in [-0.25, -0.2) is 9.50 Å². The second-order valence-corrected chi connectivity index (χ2v) is 6.63. The van der Waals surface area contributed by atoms with Crippen molar-refractivity contribution < 1.29 is 4.79 Å². The Labute approximate surface area is 152 Å². The molecule has 2 aromatic heterocycles. The van der Waals surface area contributed by atoms with Gasteiger partial charge < -0.3 is 11.1 Å². The van der Waals surface area contributed by atoms with Gasteiger partial charge in [-0.2, -0.15) is 4.98 Å². The van der Waals surface area contributed by atoms with Gasteiger partial charge in [-0.1, -0.05) is 6.07 Å². The minimum Gasteiger partial charge on any atom is -0.326 e. The molecule has 0 aliphatic rings. The summed E-state index contributed by atoms with van der Waals surface area (Å²) in [5, 5.41) is 7.34. The van der Waals surface area contributed by atoms with Crippen LogP contribution in [0.3, 0.4) is 0 Å². The molecule has 0 saturated carbocycles. The van der Waals surface area contributed by atoms with E-state index in [4.69, 9.17) is 5.73 Å². The molecule has 0 atom stereocenters. The first-order valence-electron chi connectivity index (χ1n) is 8.67. The molecule has 136 valence electrons. The van der Waals surface area contributed by atoms with Crippen molar-refractivity contribution in [3.05, 3.63) is 52.1 Å². The predicted molar refractivity (Wildman–Crippen MR) is 101 cm³/mol.